The van der Waals surface area contributed by atoms with E-state index < -0.39 is 5.60 Å². The lowest BCUT2D eigenvalue weighted by atomic mass is 9.66. The zero-order valence-electron chi connectivity index (χ0n) is 19.6. The average molecular weight is 452 g/mol. The summed E-state index contributed by atoms with van der Waals surface area (Å²) in [7, 11) is 4.83. The molecule has 2 aromatic rings. The molecule has 6 heteroatoms. The van der Waals surface area contributed by atoms with Gasteiger partial charge in [-0.15, -0.1) is 0 Å². The summed E-state index contributed by atoms with van der Waals surface area (Å²) < 4.78 is 16.0. The van der Waals surface area contributed by atoms with Crippen molar-refractivity contribution < 1.29 is 24.1 Å². The van der Waals surface area contributed by atoms with E-state index in [1.807, 2.05) is 47.4 Å². The number of likely N-dealkylation sites (tertiary alicyclic amines) is 1. The van der Waals surface area contributed by atoms with Gasteiger partial charge in [-0.25, -0.2) is 0 Å². The molecule has 2 fully saturated rings. The first-order valence-corrected chi connectivity index (χ1v) is 11.6. The Balaban J connectivity index is 1.62. The number of carbonyl (C=O) groups excluding carboxylic acids is 1. The molecule has 1 heterocycles. The average Bonchev–Trinajstić information content (AvgIpc) is 2.86. The molecule has 1 saturated heterocycles. The fourth-order valence-electron chi connectivity index (χ4n) is 5.36. The maximum Gasteiger partial charge on any atom is 0.247 e. The highest BCUT2D eigenvalue weighted by Gasteiger charge is 2.49. The summed E-state index contributed by atoms with van der Waals surface area (Å²) in [5.41, 5.74) is 1.18. The van der Waals surface area contributed by atoms with Gasteiger partial charge in [-0.05, 0) is 60.7 Å². The molecule has 1 saturated carbocycles. The molecule has 1 aliphatic carbocycles. The summed E-state index contributed by atoms with van der Waals surface area (Å²) in [5, 5.41) is 11.4. The Kier molecular flexibility index (Phi) is 6.94. The lowest BCUT2D eigenvalue weighted by Crippen LogP contribution is -2.56. The van der Waals surface area contributed by atoms with Crippen molar-refractivity contribution in [3.8, 4) is 17.2 Å². The summed E-state index contributed by atoms with van der Waals surface area (Å²) in [6.07, 6.45) is 7.85. The molecule has 4 rings (SSSR count). The van der Waals surface area contributed by atoms with E-state index in [9.17, 15) is 9.90 Å². The van der Waals surface area contributed by atoms with Crippen LogP contribution in [-0.2, 0) is 4.79 Å². The van der Waals surface area contributed by atoms with Crippen LogP contribution in [-0.4, -0.2) is 49.4 Å². The number of ether oxygens (including phenoxy) is 3. The Labute approximate surface area is 195 Å². The van der Waals surface area contributed by atoms with Crippen molar-refractivity contribution in [2.45, 2.75) is 43.7 Å². The highest BCUT2D eigenvalue weighted by atomic mass is 16.5. The van der Waals surface area contributed by atoms with Gasteiger partial charge < -0.3 is 24.2 Å². The highest BCUT2D eigenvalue weighted by Crippen LogP contribution is 2.49. The number of aliphatic hydroxyl groups is 1. The lowest BCUT2D eigenvalue weighted by molar-refractivity contribution is -0.150. The van der Waals surface area contributed by atoms with Gasteiger partial charge >= 0.3 is 0 Å². The van der Waals surface area contributed by atoms with Gasteiger partial charge in [0.05, 0.1) is 33.0 Å². The molecule has 0 unspecified atom stereocenters. The minimum absolute atomic E-state index is 0.0202. The van der Waals surface area contributed by atoms with Gasteiger partial charge in [-0.3, -0.25) is 4.79 Å². The molecule has 1 amide bonds. The van der Waals surface area contributed by atoms with Gasteiger partial charge in [0.25, 0.3) is 0 Å². The number of hydrogen-bond acceptors (Lipinski definition) is 5. The predicted molar refractivity (Wildman–Crippen MR) is 128 cm³/mol. The van der Waals surface area contributed by atoms with Crippen LogP contribution in [0.4, 0.5) is 0 Å². The van der Waals surface area contributed by atoms with Crippen LogP contribution < -0.4 is 14.2 Å². The first-order chi connectivity index (χ1) is 16.0. The molecule has 33 heavy (non-hydrogen) atoms. The van der Waals surface area contributed by atoms with Gasteiger partial charge in [0.15, 0.2) is 11.5 Å². The molecular formula is C27H33NO5. The summed E-state index contributed by atoms with van der Waals surface area (Å²) in [5.74, 6) is 2.01. The molecule has 0 aromatic heterocycles. The minimum atomic E-state index is -0.716. The van der Waals surface area contributed by atoms with Gasteiger partial charge in [0.1, 0.15) is 5.75 Å². The summed E-state index contributed by atoms with van der Waals surface area (Å²) in [4.78, 5) is 15.3. The third-order valence-electron chi connectivity index (χ3n) is 7.13. The van der Waals surface area contributed by atoms with Crippen molar-refractivity contribution in [1.29, 1.82) is 0 Å². The van der Waals surface area contributed by atoms with E-state index in [1.54, 1.807) is 33.5 Å². The van der Waals surface area contributed by atoms with Crippen molar-refractivity contribution in [2.24, 2.45) is 5.92 Å². The molecule has 176 valence electrons. The number of hydrogen-bond donors (Lipinski definition) is 1. The molecule has 1 N–H and O–H groups in total. The van der Waals surface area contributed by atoms with Crippen molar-refractivity contribution in [3.05, 3.63) is 59.7 Å². The predicted octanol–water partition coefficient (Wildman–Crippen LogP) is 4.62. The van der Waals surface area contributed by atoms with Crippen LogP contribution in [0, 0.1) is 5.92 Å². The van der Waals surface area contributed by atoms with E-state index in [-0.39, 0.29) is 17.9 Å². The lowest BCUT2D eigenvalue weighted by Gasteiger charge is -2.52. The standard InChI is InChI=1S/C27H33NO5/c1-31-21-11-9-20(10-12-21)26-22-6-4-5-15-27(22,30)16-17-28(26)25(29)14-8-19-7-13-23(32-2)24(18-19)33-3/h7-14,18,22,26,30H,4-6,15-17H2,1-3H3/t22-,26-,27+/m1/s1. The Morgan fingerprint density at radius 1 is 1.00 bits per heavy atom. The Hall–Kier alpha value is -2.99. The summed E-state index contributed by atoms with van der Waals surface area (Å²) in [6, 6.07) is 13.3. The van der Waals surface area contributed by atoms with E-state index in [4.69, 9.17) is 14.2 Å². The molecule has 0 bridgehead atoms. The van der Waals surface area contributed by atoms with Crippen LogP contribution >= 0.6 is 0 Å². The maximum atomic E-state index is 13.4. The van der Waals surface area contributed by atoms with Gasteiger partial charge in [0.2, 0.25) is 5.91 Å². The molecule has 1 aliphatic heterocycles. The molecular weight excluding hydrogens is 418 g/mol. The summed E-state index contributed by atoms with van der Waals surface area (Å²) in [6.45, 7) is 0.527. The first kappa shape index (κ1) is 23.2. The quantitative estimate of drug-likeness (QED) is 0.649. The fraction of sp³-hybridized carbons (Fsp3) is 0.444. The monoisotopic (exact) mass is 451 g/mol. The molecule has 3 atom stereocenters. The number of carbonyl (C=O) groups is 1. The second-order valence-electron chi connectivity index (χ2n) is 8.90. The smallest absolute Gasteiger partial charge is 0.247 e. The number of methoxy groups -OCH3 is 3. The third-order valence-corrected chi connectivity index (χ3v) is 7.13. The Bertz CT molecular complexity index is 1000. The molecule has 6 nitrogen and oxygen atoms in total. The van der Waals surface area contributed by atoms with Gasteiger partial charge in [0, 0.05) is 18.5 Å². The van der Waals surface area contributed by atoms with E-state index in [2.05, 4.69) is 0 Å². The number of benzene rings is 2. The highest BCUT2D eigenvalue weighted by molar-refractivity contribution is 5.92. The second kappa shape index (κ2) is 9.87. The summed E-state index contributed by atoms with van der Waals surface area (Å²) >= 11 is 0. The van der Waals surface area contributed by atoms with E-state index >= 15 is 0 Å². The van der Waals surface area contributed by atoms with E-state index in [1.165, 1.54) is 0 Å². The molecule has 0 radical (unpaired) electrons. The van der Waals surface area contributed by atoms with Crippen molar-refractivity contribution in [1.82, 2.24) is 4.90 Å². The zero-order valence-corrected chi connectivity index (χ0v) is 19.6. The number of nitrogens with zero attached hydrogens (tertiary/aromatic N) is 1. The van der Waals surface area contributed by atoms with Crippen LogP contribution in [0.25, 0.3) is 6.08 Å². The normalized spacial score (nSPS) is 24.9. The van der Waals surface area contributed by atoms with E-state index in [0.29, 0.717) is 24.5 Å². The van der Waals surface area contributed by atoms with Crippen LogP contribution in [0.1, 0.15) is 49.3 Å². The Morgan fingerprint density at radius 2 is 1.76 bits per heavy atom. The number of fused-ring (bicyclic) bond motifs is 1. The van der Waals surface area contributed by atoms with Crippen molar-refractivity contribution in [2.75, 3.05) is 27.9 Å². The fourth-order valence-corrected chi connectivity index (χ4v) is 5.36. The number of amides is 1. The van der Waals surface area contributed by atoms with Gasteiger partial charge in [-0.2, -0.15) is 0 Å². The van der Waals surface area contributed by atoms with Crippen LogP contribution in [0.2, 0.25) is 0 Å². The largest absolute Gasteiger partial charge is 0.497 e. The molecule has 2 aromatic carbocycles. The van der Waals surface area contributed by atoms with E-state index in [0.717, 1.165) is 42.6 Å². The molecule has 0 spiro atoms. The minimum Gasteiger partial charge on any atom is -0.497 e. The van der Waals surface area contributed by atoms with Crippen molar-refractivity contribution in [3.63, 3.8) is 0 Å². The number of rotatable bonds is 6. The van der Waals surface area contributed by atoms with Crippen molar-refractivity contribution >= 4 is 12.0 Å². The van der Waals surface area contributed by atoms with Crippen LogP contribution in [0.15, 0.2) is 48.5 Å². The second-order valence-corrected chi connectivity index (χ2v) is 8.90. The third kappa shape index (κ3) is 4.71. The maximum absolute atomic E-state index is 13.4. The van der Waals surface area contributed by atoms with Crippen LogP contribution in [0.3, 0.4) is 0 Å². The van der Waals surface area contributed by atoms with Gasteiger partial charge in [-0.1, -0.05) is 31.0 Å². The Morgan fingerprint density at radius 3 is 2.45 bits per heavy atom. The van der Waals surface area contributed by atoms with Crippen LogP contribution in [0.5, 0.6) is 17.2 Å². The number of piperidine rings is 1. The SMILES string of the molecule is COc1ccc([C@@H]2[C@H]3CCCC[C@]3(O)CCN2C(=O)C=Cc2ccc(OC)c(OC)c2)cc1. The first-order valence-electron chi connectivity index (χ1n) is 11.6. The topological polar surface area (TPSA) is 68.2 Å². The zero-order chi connectivity index (χ0) is 23.4. The molecule has 2 aliphatic rings.